The lowest BCUT2D eigenvalue weighted by molar-refractivity contribution is 0.102. The maximum atomic E-state index is 13.8. The van der Waals surface area contributed by atoms with Gasteiger partial charge in [-0.05, 0) is 51.1 Å². The number of hydrogen-bond acceptors (Lipinski definition) is 5. The van der Waals surface area contributed by atoms with Crippen molar-refractivity contribution in [3.8, 4) is 5.75 Å². The van der Waals surface area contributed by atoms with Crippen LogP contribution in [0.3, 0.4) is 0 Å². The molecule has 0 spiro atoms. The molecule has 0 unspecified atom stereocenters. The van der Waals surface area contributed by atoms with E-state index >= 15 is 0 Å². The molecule has 8 heteroatoms. The highest BCUT2D eigenvalue weighted by molar-refractivity contribution is 6.03. The second-order valence-corrected chi connectivity index (χ2v) is 6.58. The zero-order valence-corrected chi connectivity index (χ0v) is 16.2. The Morgan fingerprint density at radius 1 is 1.03 bits per heavy atom. The highest BCUT2D eigenvalue weighted by Crippen LogP contribution is 2.27. The molecule has 2 N–H and O–H groups in total. The van der Waals surface area contributed by atoms with Crippen LogP contribution in [0.25, 0.3) is 0 Å². The average molecular weight is 398 g/mol. The molecule has 1 aromatic heterocycles. The Morgan fingerprint density at radius 2 is 1.79 bits per heavy atom. The van der Waals surface area contributed by atoms with Crippen LogP contribution in [-0.2, 0) is 0 Å². The Balaban J connectivity index is 1.84. The van der Waals surface area contributed by atoms with E-state index in [4.69, 9.17) is 4.74 Å². The fraction of sp³-hybridized carbons (Fsp3) is 0.190. The molecule has 0 saturated carbocycles. The molecule has 6 nitrogen and oxygen atoms in total. The molecule has 3 aromatic rings. The monoisotopic (exact) mass is 398 g/mol. The van der Waals surface area contributed by atoms with Crippen LogP contribution in [0, 0.1) is 18.6 Å². The SMILES string of the molecule is Cc1cc(C(=O)Nc2ccc(F)cc2F)nc(Nc2ccccc2OC(C)C)n1. The summed E-state index contributed by atoms with van der Waals surface area (Å²) < 4.78 is 32.6. The standard InChI is InChI=1S/C21H20F2N4O2/c1-12(2)29-19-7-5-4-6-17(19)26-21-24-13(3)10-18(27-21)20(28)25-16-9-8-14(22)11-15(16)23/h4-12H,1-3H3,(H,25,28)(H,24,26,27). The fourth-order valence-electron chi connectivity index (χ4n) is 2.57. The van der Waals surface area contributed by atoms with E-state index < -0.39 is 17.5 Å². The number of anilines is 3. The highest BCUT2D eigenvalue weighted by atomic mass is 19.1. The molecule has 0 atom stereocenters. The number of nitrogens with zero attached hydrogens (tertiary/aromatic N) is 2. The van der Waals surface area contributed by atoms with E-state index in [0.717, 1.165) is 12.1 Å². The van der Waals surface area contributed by atoms with Gasteiger partial charge in [0.25, 0.3) is 5.91 Å². The lowest BCUT2D eigenvalue weighted by Crippen LogP contribution is -2.16. The van der Waals surface area contributed by atoms with Crippen molar-refractivity contribution in [1.29, 1.82) is 0 Å². The van der Waals surface area contributed by atoms with Gasteiger partial charge in [-0.2, -0.15) is 0 Å². The number of para-hydroxylation sites is 2. The number of hydrogen-bond donors (Lipinski definition) is 2. The number of amides is 1. The van der Waals surface area contributed by atoms with Gasteiger partial charge in [0.2, 0.25) is 5.95 Å². The molecule has 0 fully saturated rings. The van der Waals surface area contributed by atoms with E-state index in [0.29, 0.717) is 23.2 Å². The van der Waals surface area contributed by atoms with Gasteiger partial charge < -0.3 is 15.4 Å². The van der Waals surface area contributed by atoms with E-state index in [2.05, 4.69) is 20.6 Å². The van der Waals surface area contributed by atoms with Gasteiger partial charge in [0, 0.05) is 11.8 Å². The molecule has 3 rings (SSSR count). The first-order valence-electron chi connectivity index (χ1n) is 8.96. The van der Waals surface area contributed by atoms with Crippen LogP contribution >= 0.6 is 0 Å². The van der Waals surface area contributed by atoms with Crippen molar-refractivity contribution in [2.24, 2.45) is 0 Å². The Hall–Kier alpha value is -3.55. The molecule has 2 aromatic carbocycles. The summed E-state index contributed by atoms with van der Waals surface area (Å²) in [7, 11) is 0. The van der Waals surface area contributed by atoms with Crippen LogP contribution in [0.2, 0.25) is 0 Å². The molecule has 1 heterocycles. The number of rotatable bonds is 6. The number of aromatic nitrogens is 2. The molecule has 150 valence electrons. The minimum atomic E-state index is -0.873. The summed E-state index contributed by atoms with van der Waals surface area (Å²) >= 11 is 0. The van der Waals surface area contributed by atoms with E-state index in [1.807, 2.05) is 32.0 Å². The minimum absolute atomic E-state index is 0.0247. The predicted molar refractivity (Wildman–Crippen MR) is 107 cm³/mol. The third kappa shape index (κ3) is 5.25. The Labute approximate surface area is 167 Å². The molecule has 0 aliphatic rings. The summed E-state index contributed by atoms with van der Waals surface area (Å²) in [5, 5.41) is 5.43. The van der Waals surface area contributed by atoms with Crippen molar-refractivity contribution in [3.05, 3.63) is 71.6 Å². The van der Waals surface area contributed by atoms with Gasteiger partial charge in [0.05, 0.1) is 17.5 Å². The van der Waals surface area contributed by atoms with Gasteiger partial charge in [0.15, 0.2) is 0 Å². The third-order valence-electron chi connectivity index (χ3n) is 3.76. The van der Waals surface area contributed by atoms with Crippen LogP contribution in [0.15, 0.2) is 48.5 Å². The maximum absolute atomic E-state index is 13.8. The van der Waals surface area contributed by atoms with Crippen LogP contribution in [0.1, 0.15) is 30.0 Å². The first kappa shape index (κ1) is 20.2. The van der Waals surface area contributed by atoms with Crippen molar-refractivity contribution in [2.75, 3.05) is 10.6 Å². The maximum Gasteiger partial charge on any atom is 0.274 e. The molecule has 1 amide bonds. The van der Waals surface area contributed by atoms with Gasteiger partial charge in [0.1, 0.15) is 23.1 Å². The summed E-state index contributed by atoms with van der Waals surface area (Å²) in [5.41, 5.74) is 1.07. The molecule has 0 aliphatic heterocycles. The van der Waals surface area contributed by atoms with E-state index in [-0.39, 0.29) is 23.4 Å². The van der Waals surface area contributed by atoms with Crippen LogP contribution in [0.4, 0.5) is 26.1 Å². The Kier molecular flexibility index (Phi) is 6.01. The molecule has 0 bridgehead atoms. The quantitative estimate of drug-likeness (QED) is 0.621. The van der Waals surface area contributed by atoms with Crippen molar-refractivity contribution in [1.82, 2.24) is 9.97 Å². The molecular formula is C21H20F2N4O2. The Bertz CT molecular complexity index is 1040. The second-order valence-electron chi connectivity index (χ2n) is 6.58. The first-order valence-corrected chi connectivity index (χ1v) is 8.96. The number of aryl methyl sites for hydroxylation is 1. The zero-order chi connectivity index (χ0) is 21.0. The molecular weight excluding hydrogens is 378 g/mol. The van der Waals surface area contributed by atoms with Crippen molar-refractivity contribution in [2.45, 2.75) is 26.9 Å². The minimum Gasteiger partial charge on any atom is -0.489 e. The molecule has 0 radical (unpaired) electrons. The van der Waals surface area contributed by atoms with Gasteiger partial charge >= 0.3 is 0 Å². The third-order valence-corrected chi connectivity index (χ3v) is 3.76. The van der Waals surface area contributed by atoms with Gasteiger partial charge in [-0.25, -0.2) is 18.7 Å². The number of benzene rings is 2. The second kappa shape index (κ2) is 8.64. The van der Waals surface area contributed by atoms with E-state index in [1.54, 1.807) is 13.0 Å². The van der Waals surface area contributed by atoms with Crippen LogP contribution < -0.4 is 15.4 Å². The van der Waals surface area contributed by atoms with Crippen molar-refractivity contribution < 1.29 is 18.3 Å². The van der Waals surface area contributed by atoms with Crippen LogP contribution in [-0.4, -0.2) is 22.0 Å². The summed E-state index contributed by atoms with van der Waals surface area (Å²) in [6.07, 6.45) is -0.0247. The number of nitrogens with one attached hydrogen (secondary N) is 2. The molecule has 0 aliphatic carbocycles. The number of halogens is 2. The summed E-state index contributed by atoms with van der Waals surface area (Å²) in [6.45, 7) is 5.53. The largest absolute Gasteiger partial charge is 0.489 e. The van der Waals surface area contributed by atoms with E-state index in [1.165, 1.54) is 6.07 Å². The summed E-state index contributed by atoms with van der Waals surface area (Å²) in [5.74, 6) is -1.44. The van der Waals surface area contributed by atoms with Gasteiger partial charge in [-0.1, -0.05) is 12.1 Å². The lowest BCUT2D eigenvalue weighted by atomic mass is 10.2. The molecule has 0 saturated heterocycles. The van der Waals surface area contributed by atoms with Gasteiger partial charge in [-0.15, -0.1) is 0 Å². The zero-order valence-electron chi connectivity index (χ0n) is 16.2. The fourth-order valence-corrected chi connectivity index (χ4v) is 2.57. The van der Waals surface area contributed by atoms with E-state index in [9.17, 15) is 13.6 Å². The lowest BCUT2D eigenvalue weighted by Gasteiger charge is -2.15. The Morgan fingerprint density at radius 3 is 2.52 bits per heavy atom. The summed E-state index contributed by atoms with van der Waals surface area (Å²) in [6, 6.07) is 11.7. The number of ether oxygens (including phenoxy) is 1. The van der Waals surface area contributed by atoms with Crippen molar-refractivity contribution in [3.63, 3.8) is 0 Å². The average Bonchev–Trinajstić information content (AvgIpc) is 2.64. The summed E-state index contributed by atoms with van der Waals surface area (Å²) in [4.78, 5) is 21.0. The van der Waals surface area contributed by atoms with Crippen LogP contribution in [0.5, 0.6) is 5.75 Å². The number of carbonyl (C=O) groups excluding carboxylic acids is 1. The van der Waals surface area contributed by atoms with Crippen molar-refractivity contribution >= 4 is 23.2 Å². The van der Waals surface area contributed by atoms with Gasteiger partial charge in [-0.3, -0.25) is 4.79 Å². The predicted octanol–water partition coefficient (Wildman–Crippen LogP) is 4.85. The normalized spacial score (nSPS) is 10.7. The molecule has 29 heavy (non-hydrogen) atoms. The smallest absolute Gasteiger partial charge is 0.274 e. The first-order chi connectivity index (χ1) is 13.8. The number of carbonyl (C=O) groups is 1. The topological polar surface area (TPSA) is 76.1 Å². The highest BCUT2D eigenvalue weighted by Gasteiger charge is 2.15.